The van der Waals surface area contributed by atoms with Gasteiger partial charge >= 0.3 is 5.97 Å². The number of hydrogen-bond donors (Lipinski definition) is 1. The molecular weight excluding hydrogens is 380 g/mol. The van der Waals surface area contributed by atoms with Crippen molar-refractivity contribution in [2.75, 3.05) is 0 Å². The van der Waals surface area contributed by atoms with Gasteiger partial charge in [0.1, 0.15) is 16.7 Å². The third-order valence-corrected chi connectivity index (χ3v) is 5.41. The molecule has 27 heavy (non-hydrogen) atoms. The van der Waals surface area contributed by atoms with Gasteiger partial charge < -0.3 is 9.84 Å². The molecule has 0 saturated carbocycles. The number of aliphatic carboxylic acids is 1. The van der Waals surface area contributed by atoms with Crippen LogP contribution in [0.25, 0.3) is 0 Å². The number of ether oxygens (including phenoxy) is 1. The predicted octanol–water partition coefficient (Wildman–Crippen LogP) is 6.23. The number of carboxylic acid groups (broad SMARTS) is 1. The number of carbonyl (C=O) groups is 1. The van der Waals surface area contributed by atoms with Crippen molar-refractivity contribution in [2.24, 2.45) is 0 Å². The van der Waals surface area contributed by atoms with Crippen LogP contribution in [-0.2, 0) is 11.2 Å². The van der Waals surface area contributed by atoms with Gasteiger partial charge in [-0.2, -0.15) is 0 Å². The first kappa shape index (κ1) is 19.3. The lowest BCUT2D eigenvalue weighted by Crippen LogP contribution is -2.19. The van der Waals surface area contributed by atoms with Gasteiger partial charge in [-0.05, 0) is 61.4 Å². The van der Waals surface area contributed by atoms with Crippen molar-refractivity contribution < 1.29 is 14.6 Å². The van der Waals surface area contributed by atoms with Crippen LogP contribution in [0.15, 0.2) is 77.7 Å². The zero-order chi connectivity index (χ0) is 19.2. The van der Waals surface area contributed by atoms with Crippen LogP contribution >= 0.6 is 23.4 Å². The van der Waals surface area contributed by atoms with E-state index in [0.717, 1.165) is 16.0 Å². The molecule has 0 bridgehead atoms. The van der Waals surface area contributed by atoms with Gasteiger partial charge in [-0.3, -0.25) is 4.79 Å². The van der Waals surface area contributed by atoms with Crippen LogP contribution in [0.5, 0.6) is 11.5 Å². The van der Waals surface area contributed by atoms with Crippen molar-refractivity contribution in [3.63, 3.8) is 0 Å². The number of thioether (sulfide) groups is 1. The number of rotatable bonds is 7. The molecule has 0 aromatic heterocycles. The summed E-state index contributed by atoms with van der Waals surface area (Å²) in [6, 6.07) is 22.5. The molecule has 0 aliphatic rings. The van der Waals surface area contributed by atoms with Crippen LogP contribution in [0.4, 0.5) is 0 Å². The van der Waals surface area contributed by atoms with Crippen LogP contribution in [-0.4, -0.2) is 16.3 Å². The number of carboxylic acids is 1. The zero-order valence-corrected chi connectivity index (χ0v) is 16.3. The third kappa shape index (κ3) is 5.52. The first-order valence-electron chi connectivity index (χ1n) is 8.49. The molecule has 1 atom stereocenters. The topological polar surface area (TPSA) is 46.5 Å². The summed E-state index contributed by atoms with van der Waals surface area (Å²) in [4.78, 5) is 12.8. The minimum atomic E-state index is -0.869. The Hall–Kier alpha value is -2.43. The summed E-state index contributed by atoms with van der Waals surface area (Å²) in [7, 11) is 0. The van der Waals surface area contributed by atoms with E-state index in [4.69, 9.17) is 16.3 Å². The number of halogens is 1. The zero-order valence-electron chi connectivity index (χ0n) is 14.8. The molecule has 0 saturated heterocycles. The second kappa shape index (κ2) is 8.98. The highest BCUT2D eigenvalue weighted by Crippen LogP contribution is 2.33. The van der Waals surface area contributed by atoms with Gasteiger partial charge in [0.05, 0.1) is 0 Å². The Kier molecular flexibility index (Phi) is 6.43. The minimum Gasteiger partial charge on any atom is -0.480 e. The van der Waals surface area contributed by atoms with Gasteiger partial charge in [0, 0.05) is 9.92 Å². The molecule has 0 heterocycles. The smallest absolute Gasteiger partial charge is 0.317 e. The Labute approximate surface area is 168 Å². The van der Waals surface area contributed by atoms with E-state index in [9.17, 15) is 9.90 Å². The maximum absolute atomic E-state index is 11.8. The lowest BCUT2D eigenvalue weighted by Gasteiger charge is -2.16. The molecule has 138 valence electrons. The molecule has 3 rings (SSSR count). The Bertz CT molecular complexity index is 911. The van der Waals surface area contributed by atoms with Crippen molar-refractivity contribution in [2.45, 2.75) is 23.5 Å². The summed E-state index contributed by atoms with van der Waals surface area (Å²) in [5.41, 5.74) is 1.90. The molecule has 0 radical (unpaired) electrons. The van der Waals surface area contributed by atoms with Crippen molar-refractivity contribution in [1.82, 2.24) is 0 Å². The Morgan fingerprint density at radius 1 is 1.07 bits per heavy atom. The second-order valence-corrected chi connectivity index (χ2v) is 7.84. The molecule has 0 amide bonds. The van der Waals surface area contributed by atoms with Crippen LogP contribution < -0.4 is 4.74 Å². The molecule has 1 N–H and O–H groups in total. The van der Waals surface area contributed by atoms with Gasteiger partial charge in [0.15, 0.2) is 0 Å². The molecule has 3 nitrogen and oxygen atoms in total. The molecule has 0 spiro atoms. The Morgan fingerprint density at radius 2 is 1.78 bits per heavy atom. The molecule has 0 aliphatic carbocycles. The molecule has 3 aromatic rings. The fourth-order valence-corrected chi connectivity index (χ4v) is 3.76. The molecule has 0 fully saturated rings. The third-order valence-electron chi connectivity index (χ3n) is 3.97. The van der Waals surface area contributed by atoms with Crippen LogP contribution in [0, 0.1) is 6.92 Å². The van der Waals surface area contributed by atoms with E-state index in [-0.39, 0.29) is 0 Å². The summed E-state index contributed by atoms with van der Waals surface area (Å²) in [6.45, 7) is 2.00. The molecule has 3 aromatic carbocycles. The summed E-state index contributed by atoms with van der Waals surface area (Å²) in [5.74, 6) is 0.437. The molecule has 1 unspecified atom stereocenters. The average Bonchev–Trinajstić information content (AvgIpc) is 2.66. The Morgan fingerprint density at radius 3 is 2.44 bits per heavy atom. The maximum Gasteiger partial charge on any atom is 0.317 e. The van der Waals surface area contributed by atoms with Crippen LogP contribution in [0.1, 0.15) is 11.1 Å². The number of aryl methyl sites for hydroxylation is 1. The summed E-state index contributed by atoms with van der Waals surface area (Å²) < 4.78 is 5.95. The van der Waals surface area contributed by atoms with Crippen molar-refractivity contribution >= 4 is 29.3 Å². The van der Waals surface area contributed by atoms with E-state index in [2.05, 4.69) is 0 Å². The van der Waals surface area contributed by atoms with Crippen LogP contribution in [0.3, 0.4) is 0 Å². The van der Waals surface area contributed by atoms with Crippen molar-refractivity contribution in [3.05, 3.63) is 88.9 Å². The lowest BCUT2D eigenvalue weighted by molar-refractivity contribution is -0.136. The fraction of sp³-hybridized carbons (Fsp3) is 0.136. The average molecular weight is 399 g/mol. The quantitative estimate of drug-likeness (QED) is 0.479. The van der Waals surface area contributed by atoms with E-state index in [1.165, 1.54) is 11.8 Å². The highest BCUT2D eigenvalue weighted by molar-refractivity contribution is 8.00. The maximum atomic E-state index is 11.8. The van der Waals surface area contributed by atoms with Crippen LogP contribution in [0.2, 0.25) is 5.02 Å². The SMILES string of the molecule is Cc1ccc(SC(Cc2cc(Cl)ccc2Oc2ccccc2)C(=O)O)cc1. The second-order valence-electron chi connectivity index (χ2n) is 6.13. The lowest BCUT2D eigenvalue weighted by atomic mass is 10.1. The Balaban J connectivity index is 1.83. The fourth-order valence-electron chi connectivity index (χ4n) is 2.58. The normalized spacial score (nSPS) is 11.8. The molecule has 0 aliphatic heterocycles. The van der Waals surface area contributed by atoms with Gasteiger partial charge in [0.2, 0.25) is 0 Å². The van der Waals surface area contributed by atoms with E-state index in [1.54, 1.807) is 18.2 Å². The summed E-state index contributed by atoms with van der Waals surface area (Å²) in [6.07, 6.45) is 0.302. The van der Waals surface area contributed by atoms with Crippen molar-refractivity contribution in [3.8, 4) is 11.5 Å². The highest BCUT2D eigenvalue weighted by atomic mass is 35.5. The predicted molar refractivity (Wildman–Crippen MR) is 110 cm³/mol. The van der Waals surface area contributed by atoms with Gasteiger partial charge in [-0.25, -0.2) is 0 Å². The highest BCUT2D eigenvalue weighted by Gasteiger charge is 2.22. The molecule has 5 heteroatoms. The number of benzene rings is 3. The van der Waals surface area contributed by atoms with E-state index >= 15 is 0 Å². The van der Waals surface area contributed by atoms with E-state index < -0.39 is 11.2 Å². The minimum absolute atomic E-state index is 0.302. The number of para-hydroxylation sites is 1. The standard InChI is InChI=1S/C22H19ClO3S/c1-15-7-10-19(11-8-15)27-21(22(24)25)14-16-13-17(23)9-12-20(16)26-18-5-3-2-4-6-18/h2-13,21H,14H2,1H3,(H,24,25). The summed E-state index contributed by atoms with van der Waals surface area (Å²) in [5, 5.41) is 9.61. The van der Waals surface area contributed by atoms with Gasteiger partial charge in [-0.15, -0.1) is 11.8 Å². The largest absolute Gasteiger partial charge is 0.480 e. The molecular formula is C22H19ClO3S. The first-order valence-corrected chi connectivity index (χ1v) is 9.74. The first-order chi connectivity index (χ1) is 13.0. The monoisotopic (exact) mass is 398 g/mol. The van der Waals surface area contributed by atoms with Gasteiger partial charge in [0.25, 0.3) is 0 Å². The van der Waals surface area contributed by atoms with E-state index in [1.807, 2.05) is 61.5 Å². The summed E-state index contributed by atoms with van der Waals surface area (Å²) >= 11 is 7.47. The van der Waals surface area contributed by atoms with Gasteiger partial charge in [-0.1, -0.05) is 47.5 Å². The van der Waals surface area contributed by atoms with E-state index in [0.29, 0.717) is 22.9 Å². The van der Waals surface area contributed by atoms with Crippen molar-refractivity contribution in [1.29, 1.82) is 0 Å². The number of hydrogen-bond acceptors (Lipinski definition) is 3.